The van der Waals surface area contributed by atoms with Gasteiger partial charge in [0.05, 0.1) is 12.3 Å². The molecule has 0 aliphatic carbocycles. The van der Waals surface area contributed by atoms with Crippen molar-refractivity contribution in [1.82, 2.24) is 5.48 Å². The molecule has 0 spiro atoms. The van der Waals surface area contributed by atoms with Crippen LogP contribution in [-0.4, -0.2) is 25.0 Å². The molecule has 17 heavy (non-hydrogen) atoms. The Bertz CT molecular complexity index is 459. The van der Waals surface area contributed by atoms with Gasteiger partial charge in [-0.25, -0.2) is 5.48 Å². The fourth-order valence-electron chi connectivity index (χ4n) is 1.41. The summed E-state index contributed by atoms with van der Waals surface area (Å²) in [5.74, 6) is -0.0760. The number of hydrogen-bond acceptors (Lipinski definition) is 4. The standard InChI is InChI=1S/C11H12N2O4/c1-2-17-13-11(15)7-3-4-8-9(5-7)16-6-10(14)12-8/h3-5H,2,6H2,1H3,(H,12,14)(H,13,15). The Morgan fingerprint density at radius 3 is 3.18 bits per heavy atom. The number of anilines is 1. The van der Waals surface area contributed by atoms with E-state index in [0.29, 0.717) is 23.6 Å². The summed E-state index contributed by atoms with van der Waals surface area (Å²) in [6, 6.07) is 4.76. The average Bonchev–Trinajstić information content (AvgIpc) is 2.35. The molecule has 6 heteroatoms. The van der Waals surface area contributed by atoms with E-state index in [1.54, 1.807) is 25.1 Å². The molecule has 6 nitrogen and oxygen atoms in total. The minimum atomic E-state index is -0.352. The van der Waals surface area contributed by atoms with Gasteiger partial charge in [-0.15, -0.1) is 0 Å². The monoisotopic (exact) mass is 236 g/mol. The van der Waals surface area contributed by atoms with E-state index in [9.17, 15) is 9.59 Å². The lowest BCUT2D eigenvalue weighted by Gasteiger charge is -2.18. The smallest absolute Gasteiger partial charge is 0.274 e. The highest BCUT2D eigenvalue weighted by Gasteiger charge is 2.17. The van der Waals surface area contributed by atoms with Crippen LogP contribution in [0.15, 0.2) is 18.2 Å². The third-order valence-corrected chi connectivity index (χ3v) is 2.19. The van der Waals surface area contributed by atoms with Crippen LogP contribution in [-0.2, 0) is 9.63 Å². The van der Waals surface area contributed by atoms with Gasteiger partial charge in [0.15, 0.2) is 6.61 Å². The zero-order valence-corrected chi connectivity index (χ0v) is 9.28. The van der Waals surface area contributed by atoms with Crippen LogP contribution in [0.3, 0.4) is 0 Å². The van der Waals surface area contributed by atoms with Gasteiger partial charge in [0, 0.05) is 5.56 Å². The Labute approximate surface area is 97.9 Å². The molecule has 0 aromatic heterocycles. The number of carbonyl (C=O) groups is 2. The lowest BCUT2D eigenvalue weighted by molar-refractivity contribution is -0.118. The molecule has 2 N–H and O–H groups in total. The fraction of sp³-hybridized carbons (Fsp3) is 0.273. The largest absolute Gasteiger partial charge is 0.482 e. The van der Waals surface area contributed by atoms with Gasteiger partial charge in [-0.1, -0.05) is 0 Å². The minimum Gasteiger partial charge on any atom is -0.482 e. The predicted molar refractivity (Wildman–Crippen MR) is 59.7 cm³/mol. The molecule has 0 saturated heterocycles. The van der Waals surface area contributed by atoms with Crippen molar-refractivity contribution in [2.45, 2.75) is 6.92 Å². The molecule has 2 amide bonds. The van der Waals surface area contributed by atoms with E-state index in [4.69, 9.17) is 9.57 Å². The number of fused-ring (bicyclic) bond motifs is 1. The van der Waals surface area contributed by atoms with Crippen molar-refractivity contribution in [3.05, 3.63) is 23.8 Å². The van der Waals surface area contributed by atoms with Crippen molar-refractivity contribution >= 4 is 17.5 Å². The van der Waals surface area contributed by atoms with Gasteiger partial charge in [-0.2, -0.15) is 0 Å². The summed E-state index contributed by atoms with van der Waals surface area (Å²) in [6.45, 7) is 2.12. The summed E-state index contributed by atoms with van der Waals surface area (Å²) >= 11 is 0. The minimum absolute atomic E-state index is 0.0382. The van der Waals surface area contributed by atoms with Crippen LogP contribution >= 0.6 is 0 Å². The maximum Gasteiger partial charge on any atom is 0.274 e. The van der Waals surface area contributed by atoms with Crippen molar-refractivity contribution in [1.29, 1.82) is 0 Å². The third kappa shape index (κ3) is 2.54. The first-order chi connectivity index (χ1) is 8.20. The van der Waals surface area contributed by atoms with Gasteiger partial charge in [0.25, 0.3) is 11.8 Å². The van der Waals surface area contributed by atoms with Gasteiger partial charge in [0.2, 0.25) is 0 Å². The van der Waals surface area contributed by atoms with E-state index >= 15 is 0 Å². The van der Waals surface area contributed by atoms with Crippen LogP contribution < -0.4 is 15.5 Å². The average molecular weight is 236 g/mol. The first-order valence-electron chi connectivity index (χ1n) is 5.19. The Morgan fingerprint density at radius 2 is 2.41 bits per heavy atom. The quantitative estimate of drug-likeness (QED) is 0.757. The van der Waals surface area contributed by atoms with E-state index in [1.807, 2.05) is 0 Å². The maximum absolute atomic E-state index is 11.6. The molecule has 1 aliphatic rings. The molecular formula is C11H12N2O4. The molecule has 0 saturated carbocycles. The van der Waals surface area contributed by atoms with Crippen LogP contribution in [0, 0.1) is 0 Å². The van der Waals surface area contributed by atoms with E-state index in [0.717, 1.165) is 0 Å². The summed E-state index contributed by atoms with van der Waals surface area (Å²) in [7, 11) is 0. The summed E-state index contributed by atoms with van der Waals surface area (Å²) in [4.78, 5) is 27.4. The van der Waals surface area contributed by atoms with Crippen molar-refractivity contribution in [2.75, 3.05) is 18.5 Å². The lowest BCUT2D eigenvalue weighted by Crippen LogP contribution is -2.27. The van der Waals surface area contributed by atoms with Crippen LogP contribution in [0.2, 0.25) is 0 Å². The maximum atomic E-state index is 11.6. The number of amides is 2. The van der Waals surface area contributed by atoms with Crippen molar-refractivity contribution in [3.63, 3.8) is 0 Å². The number of nitrogens with one attached hydrogen (secondary N) is 2. The number of benzene rings is 1. The van der Waals surface area contributed by atoms with Gasteiger partial charge < -0.3 is 10.1 Å². The molecule has 90 valence electrons. The first-order valence-corrected chi connectivity index (χ1v) is 5.19. The van der Waals surface area contributed by atoms with Crippen molar-refractivity contribution in [2.24, 2.45) is 0 Å². The number of rotatable bonds is 3. The molecule has 2 rings (SSSR count). The molecule has 0 radical (unpaired) electrons. The summed E-state index contributed by atoms with van der Waals surface area (Å²) in [6.07, 6.45) is 0. The second-order valence-electron chi connectivity index (χ2n) is 3.41. The van der Waals surface area contributed by atoms with Gasteiger partial charge in [0.1, 0.15) is 5.75 Å². The normalized spacial score (nSPS) is 13.4. The lowest BCUT2D eigenvalue weighted by atomic mass is 10.1. The predicted octanol–water partition coefficient (Wildman–Crippen LogP) is 0.699. The van der Waals surface area contributed by atoms with E-state index in [1.165, 1.54) is 0 Å². The molecular weight excluding hydrogens is 224 g/mol. The summed E-state index contributed by atoms with van der Waals surface area (Å²) in [5.41, 5.74) is 3.26. The summed E-state index contributed by atoms with van der Waals surface area (Å²) < 4.78 is 5.20. The second-order valence-corrected chi connectivity index (χ2v) is 3.41. The van der Waals surface area contributed by atoms with Gasteiger partial charge >= 0.3 is 0 Å². The highest BCUT2D eigenvalue weighted by Crippen LogP contribution is 2.28. The highest BCUT2D eigenvalue weighted by atomic mass is 16.6. The molecule has 0 fully saturated rings. The van der Waals surface area contributed by atoms with Crippen LogP contribution in [0.4, 0.5) is 5.69 Å². The Kier molecular flexibility index (Phi) is 3.24. The van der Waals surface area contributed by atoms with E-state index in [-0.39, 0.29) is 18.4 Å². The Hall–Kier alpha value is -2.08. The van der Waals surface area contributed by atoms with Crippen molar-refractivity contribution in [3.8, 4) is 5.75 Å². The zero-order chi connectivity index (χ0) is 12.3. The Morgan fingerprint density at radius 1 is 1.59 bits per heavy atom. The molecule has 0 bridgehead atoms. The zero-order valence-electron chi connectivity index (χ0n) is 9.28. The number of ether oxygens (including phenoxy) is 1. The third-order valence-electron chi connectivity index (χ3n) is 2.19. The summed E-state index contributed by atoms with van der Waals surface area (Å²) in [5, 5.41) is 2.64. The topological polar surface area (TPSA) is 76.7 Å². The fourth-order valence-corrected chi connectivity index (χ4v) is 1.41. The van der Waals surface area contributed by atoms with Gasteiger partial charge in [-0.3, -0.25) is 14.4 Å². The molecule has 0 unspecified atom stereocenters. The van der Waals surface area contributed by atoms with Gasteiger partial charge in [-0.05, 0) is 25.1 Å². The molecule has 1 aliphatic heterocycles. The molecule has 1 aromatic carbocycles. The number of hydroxylamine groups is 1. The van der Waals surface area contributed by atoms with E-state index < -0.39 is 0 Å². The molecule has 0 atom stereocenters. The van der Waals surface area contributed by atoms with Crippen LogP contribution in [0.1, 0.15) is 17.3 Å². The second kappa shape index (κ2) is 4.84. The van der Waals surface area contributed by atoms with Crippen LogP contribution in [0.5, 0.6) is 5.75 Å². The Balaban J connectivity index is 2.16. The van der Waals surface area contributed by atoms with Crippen LogP contribution in [0.25, 0.3) is 0 Å². The highest BCUT2D eigenvalue weighted by molar-refractivity contribution is 5.98. The molecule has 1 aromatic rings. The van der Waals surface area contributed by atoms with E-state index in [2.05, 4.69) is 10.8 Å². The SMILES string of the molecule is CCONC(=O)c1ccc2c(c1)OCC(=O)N2. The molecule has 1 heterocycles. The first kappa shape index (κ1) is 11.4. The number of hydrogen-bond donors (Lipinski definition) is 2. The number of carbonyl (C=O) groups excluding carboxylic acids is 2. The van der Waals surface area contributed by atoms with Crippen molar-refractivity contribution < 1.29 is 19.2 Å².